The van der Waals surface area contributed by atoms with Gasteiger partial charge < -0.3 is 5.11 Å². The van der Waals surface area contributed by atoms with Crippen molar-refractivity contribution in [3.63, 3.8) is 0 Å². The van der Waals surface area contributed by atoms with Crippen LogP contribution in [0, 0.1) is 11.8 Å². The molecule has 0 atom stereocenters. The Morgan fingerprint density at radius 3 is 2.55 bits per heavy atom. The van der Waals surface area contributed by atoms with Crippen LogP contribution in [0.15, 0.2) is 24.3 Å². The summed E-state index contributed by atoms with van der Waals surface area (Å²) in [4.78, 5) is 0. The van der Waals surface area contributed by atoms with E-state index in [0.29, 0.717) is 6.42 Å². The SMILES string of the molecule is O=S(=O)(NCc1ccc(C#CCCO)cc1)NC1CC1. The van der Waals surface area contributed by atoms with Crippen LogP contribution in [0.5, 0.6) is 0 Å². The van der Waals surface area contributed by atoms with Crippen molar-refractivity contribution in [3.05, 3.63) is 35.4 Å². The molecule has 0 amide bonds. The molecule has 5 nitrogen and oxygen atoms in total. The van der Waals surface area contributed by atoms with Crippen molar-refractivity contribution in [2.75, 3.05) is 6.61 Å². The second kappa shape index (κ2) is 6.86. The first-order chi connectivity index (χ1) is 9.59. The van der Waals surface area contributed by atoms with Gasteiger partial charge >= 0.3 is 0 Å². The summed E-state index contributed by atoms with van der Waals surface area (Å²) in [5, 5.41) is 8.63. The minimum Gasteiger partial charge on any atom is -0.395 e. The van der Waals surface area contributed by atoms with Gasteiger partial charge in [-0.05, 0) is 30.5 Å². The Balaban J connectivity index is 1.86. The number of nitrogens with one attached hydrogen (secondary N) is 2. The lowest BCUT2D eigenvalue weighted by Gasteiger charge is -2.07. The zero-order chi connectivity index (χ0) is 14.4. The van der Waals surface area contributed by atoms with Gasteiger partial charge in [0.1, 0.15) is 0 Å². The standard InChI is InChI=1S/C14H18N2O3S/c17-10-2-1-3-12-4-6-13(7-5-12)11-15-20(18,19)16-14-8-9-14/h4-7,14-17H,2,8-11H2. The van der Waals surface area contributed by atoms with E-state index >= 15 is 0 Å². The van der Waals surface area contributed by atoms with Gasteiger partial charge in [0.05, 0.1) is 6.61 Å². The summed E-state index contributed by atoms with van der Waals surface area (Å²) in [7, 11) is -3.40. The summed E-state index contributed by atoms with van der Waals surface area (Å²) in [5.41, 5.74) is 1.72. The Bertz CT molecular complexity index is 596. The largest absolute Gasteiger partial charge is 0.395 e. The molecule has 2 rings (SSSR count). The fourth-order valence-corrected chi connectivity index (χ4v) is 2.68. The van der Waals surface area contributed by atoms with E-state index in [9.17, 15) is 8.42 Å². The van der Waals surface area contributed by atoms with Crippen LogP contribution < -0.4 is 9.44 Å². The molecule has 1 aromatic rings. The molecule has 0 saturated heterocycles. The molecular weight excluding hydrogens is 276 g/mol. The fourth-order valence-electron chi connectivity index (χ4n) is 1.57. The monoisotopic (exact) mass is 294 g/mol. The Morgan fingerprint density at radius 2 is 1.95 bits per heavy atom. The molecule has 6 heteroatoms. The van der Waals surface area contributed by atoms with Crippen molar-refractivity contribution in [1.29, 1.82) is 0 Å². The van der Waals surface area contributed by atoms with Crippen LogP contribution in [0.1, 0.15) is 30.4 Å². The van der Waals surface area contributed by atoms with Crippen LogP contribution in [0.3, 0.4) is 0 Å². The van der Waals surface area contributed by atoms with Crippen LogP contribution in [-0.4, -0.2) is 26.2 Å². The minimum atomic E-state index is -3.40. The quantitative estimate of drug-likeness (QED) is 0.669. The first kappa shape index (κ1) is 15.0. The lowest BCUT2D eigenvalue weighted by Crippen LogP contribution is -2.37. The maximum atomic E-state index is 11.6. The predicted molar refractivity (Wildman–Crippen MR) is 76.9 cm³/mol. The van der Waals surface area contributed by atoms with Crippen molar-refractivity contribution in [3.8, 4) is 11.8 Å². The van der Waals surface area contributed by atoms with E-state index in [2.05, 4.69) is 21.3 Å². The van der Waals surface area contributed by atoms with Crippen LogP contribution in [0.2, 0.25) is 0 Å². The van der Waals surface area contributed by atoms with E-state index in [1.807, 2.05) is 24.3 Å². The van der Waals surface area contributed by atoms with E-state index in [1.165, 1.54) is 0 Å². The highest BCUT2D eigenvalue weighted by Crippen LogP contribution is 2.19. The van der Waals surface area contributed by atoms with Crippen molar-refractivity contribution < 1.29 is 13.5 Å². The molecule has 1 aliphatic rings. The van der Waals surface area contributed by atoms with Gasteiger partial charge in [0.2, 0.25) is 0 Å². The topological polar surface area (TPSA) is 78.4 Å². The van der Waals surface area contributed by atoms with Crippen molar-refractivity contribution in [2.24, 2.45) is 0 Å². The van der Waals surface area contributed by atoms with Crippen LogP contribution in [-0.2, 0) is 16.8 Å². The smallest absolute Gasteiger partial charge is 0.277 e. The summed E-state index contributed by atoms with van der Waals surface area (Å²) >= 11 is 0. The molecule has 0 spiro atoms. The molecule has 1 aliphatic carbocycles. The number of benzene rings is 1. The molecule has 0 unspecified atom stereocenters. The summed E-state index contributed by atoms with van der Waals surface area (Å²) in [6.45, 7) is 0.313. The predicted octanol–water partition coefficient (Wildman–Crippen LogP) is 0.507. The van der Waals surface area contributed by atoms with Gasteiger partial charge in [-0.15, -0.1) is 0 Å². The molecule has 0 aromatic heterocycles. The van der Waals surface area contributed by atoms with Gasteiger partial charge in [-0.1, -0.05) is 24.0 Å². The number of hydrogen-bond acceptors (Lipinski definition) is 3. The number of aliphatic hydroxyl groups is 1. The van der Waals surface area contributed by atoms with Crippen molar-refractivity contribution >= 4 is 10.2 Å². The maximum Gasteiger partial charge on any atom is 0.277 e. The number of hydrogen-bond donors (Lipinski definition) is 3. The molecule has 1 saturated carbocycles. The van der Waals surface area contributed by atoms with E-state index < -0.39 is 10.2 Å². The molecule has 0 heterocycles. The van der Waals surface area contributed by atoms with Gasteiger partial charge in [-0.3, -0.25) is 0 Å². The number of rotatable bonds is 6. The summed E-state index contributed by atoms with van der Waals surface area (Å²) in [5.74, 6) is 5.75. The fraction of sp³-hybridized carbons (Fsp3) is 0.429. The highest BCUT2D eigenvalue weighted by atomic mass is 32.2. The average Bonchev–Trinajstić information content (AvgIpc) is 3.21. The van der Waals surface area contributed by atoms with Gasteiger partial charge in [-0.2, -0.15) is 17.9 Å². The molecule has 3 N–H and O–H groups in total. The maximum absolute atomic E-state index is 11.6. The van der Waals surface area contributed by atoms with E-state index in [0.717, 1.165) is 24.0 Å². The van der Waals surface area contributed by atoms with Crippen LogP contribution in [0.25, 0.3) is 0 Å². The summed E-state index contributed by atoms with van der Waals surface area (Å²) in [6, 6.07) is 7.45. The normalized spacial score (nSPS) is 14.7. The minimum absolute atomic E-state index is 0.0564. The second-order valence-corrected chi connectivity index (χ2v) is 6.22. The highest BCUT2D eigenvalue weighted by molar-refractivity contribution is 7.87. The molecule has 1 aromatic carbocycles. The Hall–Kier alpha value is -1.39. The third-order valence-corrected chi connectivity index (χ3v) is 3.96. The zero-order valence-corrected chi connectivity index (χ0v) is 11.9. The van der Waals surface area contributed by atoms with E-state index in [-0.39, 0.29) is 19.2 Å². The summed E-state index contributed by atoms with van der Waals surface area (Å²) in [6.07, 6.45) is 2.29. The van der Waals surface area contributed by atoms with Crippen LogP contribution in [0.4, 0.5) is 0 Å². The molecule has 108 valence electrons. The Morgan fingerprint density at radius 1 is 1.25 bits per heavy atom. The first-order valence-electron chi connectivity index (χ1n) is 6.55. The highest BCUT2D eigenvalue weighted by Gasteiger charge is 2.26. The zero-order valence-electron chi connectivity index (χ0n) is 11.1. The molecular formula is C14H18N2O3S. The molecule has 0 bridgehead atoms. The van der Waals surface area contributed by atoms with E-state index in [4.69, 9.17) is 5.11 Å². The third-order valence-electron chi connectivity index (χ3n) is 2.79. The van der Waals surface area contributed by atoms with Gasteiger partial charge in [0, 0.05) is 24.6 Å². The van der Waals surface area contributed by atoms with Gasteiger partial charge in [-0.25, -0.2) is 0 Å². The molecule has 1 fully saturated rings. The van der Waals surface area contributed by atoms with Crippen molar-refractivity contribution in [2.45, 2.75) is 31.8 Å². The summed E-state index contributed by atoms with van der Waals surface area (Å²) < 4.78 is 28.3. The van der Waals surface area contributed by atoms with E-state index in [1.54, 1.807) is 0 Å². The van der Waals surface area contributed by atoms with Crippen LogP contribution >= 0.6 is 0 Å². The molecule has 20 heavy (non-hydrogen) atoms. The molecule has 0 aliphatic heterocycles. The lowest BCUT2D eigenvalue weighted by molar-refractivity contribution is 0.305. The third kappa shape index (κ3) is 5.31. The van der Waals surface area contributed by atoms with Gasteiger partial charge in [0.25, 0.3) is 10.2 Å². The molecule has 0 radical (unpaired) electrons. The number of aliphatic hydroxyl groups excluding tert-OH is 1. The Labute approximate surface area is 119 Å². The average molecular weight is 294 g/mol. The first-order valence-corrected chi connectivity index (χ1v) is 8.03. The van der Waals surface area contributed by atoms with Gasteiger partial charge in [0.15, 0.2) is 0 Å². The van der Waals surface area contributed by atoms with Crippen molar-refractivity contribution in [1.82, 2.24) is 9.44 Å². The Kier molecular flexibility index (Phi) is 5.15. The second-order valence-electron chi connectivity index (χ2n) is 4.69. The lowest BCUT2D eigenvalue weighted by atomic mass is 10.1.